The summed E-state index contributed by atoms with van der Waals surface area (Å²) in [5, 5.41) is 1.14. The van der Waals surface area contributed by atoms with Crippen molar-refractivity contribution < 1.29 is 4.42 Å². The number of nitrogens with zero attached hydrogens (tertiary/aromatic N) is 1. The van der Waals surface area contributed by atoms with Crippen molar-refractivity contribution in [3.05, 3.63) is 156 Å². The molecule has 2 heterocycles. The van der Waals surface area contributed by atoms with Gasteiger partial charge in [0.25, 0.3) is 0 Å². The molecule has 0 spiro atoms. The van der Waals surface area contributed by atoms with Gasteiger partial charge < -0.3 is 8.98 Å². The lowest BCUT2D eigenvalue weighted by atomic mass is 10.1. The first-order valence-electron chi connectivity index (χ1n) is 14.2. The lowest BCUT2D eigenvalue weighted by molar-refractivity contribution is 0.635. The van der Waals surface area contributed by atoms with E-state index in [4.69, 9.17) is 4.42 Å². The number of benzene rings is 3. The number of hydrogen-bond acceptors (Lipinski definition) is 1. The minimum absolute atomic E-state index is 0.885. The Bertz CT molecular complexity index is 1880. The average Bonchev–Trinajstić information content (AvgIpc) is 3.58. The van der Waals surface area contributed by atoms with E-state index in [1.165, 1.54) is 22.3 Å². The van der Waals surface area contributed by atoms with E-state index >= 15 is 0 Å². The van der Waals surface area contributed by atoms with Crippen LogP contribution in [0.5, 0.6) is 0 Å². The van der Waals surface area contributed by atoms with Crippen LogP contribution >= 0.6 is 0 Å². The van der Waals surface area contributed by atoms with Crippen LogP contribution in [-0.2, 0) is 0 Å². The molecule has 0 N–H and O–H groups in total. The van der Waals surface area contributed by atoms with Crippen molar-refractivity contribution in [1.29, 1.82) is 0 Å². The van der Waals surface area contributed by atoms with Crippen molar-refractivity contribution in [2.75, 3.05) is 0 Å². The standard InChI is InChI=1S/C39H33NO/c1-2-3-7-17-31-19-12-13-20-32(31)18-9-5-4-8-16-30-25-27-33(28-26-30)38-29-37-39(41-38)35-23-14-15-24-36(35)40(37)34-21-10-6-11-22-34/h2-5,7-10,12-29H,6,11H2,1H3/b3-2+,5-4-,16-8-,17-7-,18-9+. The van der Waals surface area contributed by atoms with Gasteiger partial charge in [-0.25, -0.2) is 0 Å². The number of para-hydroxylation sites is 1. The molecule has 6 rings (SSSR count). The predicted molar refractivity (Wildman–Crippen MR) is 177 cm³/mol. The molecule has 0 atom stereocenters. The maximum Gasteiger partial charge on any atom is 0.160 e. The largest absolute Gasteiger partial charge is 0.454 e. The molecule has 0 aliphatic heterocycles. The first-order chi connectivity index (χ1) is 20.3. The summed E-state index contributed by atoms with van der Waals surface area (Å²) >= 11 is 0. The van der Waals surface area contributed by atoms with Crippen LogP contribution in [0.15, 0.2) is 144 Å². The third kappa shape index (κ3) is 5.78. The second kappa shape index (κ2) is 12.4. The van der Waals surface area contributed by atoms with Gasteiger partial charge in [0, 0.05) is 22.7 Å². The Balaban J connectivity index is 1.17. The lowest BCUT2D eigenvalue weighted by Gasteiger charge is -2.10. The van der Waals surface area contributed by atoms with E-state index in [0.29, 0.717) is 0 Å². The van der Waals surface area contributed by atoms with Gasteiger partial charge in [0.1, 0.15) is 5.76 Å². The van der Waals surface area contributed by atoms with Gasteiger partial charge in [-0.2, -0.15) is 0 Å². The van der Waals surface area contributed by atoms with Crippen LogP contribution in [0.2, 0.25) is 0 Å². The van der Waals surface area contributed by atoms with Crippen molar-refractivity contribution in [1.82, 2.24) is 4.57 Å². The maximum atomic E-state index is 6.46. The molecule has 3 aromatic carbocycles. The molecule has 0 fully saturated rings. The maximum absolute atomic E-state index is 6.46. The Morgan fingerprint density at radius 3 is 2.12 bits per heavy atom. The second-order valence-electron chi connectivity index (χ2n) is 10.0. The first-order valence-corrected chi connectivity index (χ1v) is 14.2. The molecule has 2 nitrogen and oxygen atoms in total. The lowest BCUT2D eigenvalue weighted by Crippen LogP contribution is -1.96. The number of rotatable bonds is 8. The second-order valence-corrected chi connectivity index (χ2v) is 10.0. The molecule has 0 saturated carbocycles. The highest BCUT2D eigenvalue weighted by Crippen LogP contribution is 2.38. The fourth-order valence-corrected chi connectivity index (χ4v) is 5.21. The van der Waals surface area contributed by atoms with Crippen LogP contribution in [0.1, 0.15) is 36.5 Å². The third-order valence-corrected chi connectivity index (χ3v) is 7.24. The normalized spacial score (nSPS) is 14.3. The summed E-state index contributed by atoms with van der Waals surface area (Å²) < 4.78 is 8.78. The van der Waals surface area contributed by atoms with Crippen LogP contribution < -0.4 is 0 Å². The molecule has 2 aromatic heterocycles. The van der Waals surface area contributed by atoms with Crippen LogP contribution in [0.3, 0.4) is 0 Å². The van der Waals surface area contributed by atoms with E-state index in [9.17, 15) is 0 Å². The summed E-state index contributed by atoms with van der Waals surface area (Å²) in [7, 11) is 0. The molecule has 1 aliphatic rings. The van der Waals surface area contributed by atoms with E-state index < -0.39 is 0 Å². The summed E-state index contributed by atoms with van der Waals surface area (Å²) in [4.78, 5) is 0. The van der Waals surface area contributed by atoms with E-state index in [1.54, 1.807) is 0 Å². The van der Waals surface area contributed by atoms with Crippen LogP contribution in [0, 0.1) is 0 Å². The van der Waals surface area contributed by atoms with Crippen molar-refractivity contribution >= 4 is 45.9 Å². The van der Waals surface area contributed by atoms with Gasteiger partial charge in [-0.3, -0.25) is 0 Å². The summed E-state index contributed by atoms with van der Waals surface area (Å²) in [6.45, 7) is 2.02. The van der Waals surface area contributed by atoms with Crippen molar-refractivity contribution in [3.63, 3.8) is 0 Å². The van der Waals surface area contributed by atoms with Gasteiger partial charge >= 0.3 is 0 Å². The molecule has 0 saturated heterocycles. The van der Waals surface area contributed by atoms with E-state index in [0.717, 1.165) is 46.2 Å². The highest BCUT2D eigenvalue weighted by Gasteiger charge is 2.18. The zero-order valence-corrected chi connectivity index (χ0v) is 23.3. The third-order valence-electron chi connectivity index (χ3n) is 7.24. The van der Waals surface area contributed by atoms with Crippen LogP contribution in [0.4, 0.5) is 0 Å². The molecule has 0 radical (unpaired) electrons. The molecule has 0 bridgehead atoms. The number of furan rings is 1. The minimum atomic E-state index is 0.885. The van der Waals surface area contributed by atoms with E-state index in [-0.39, 0.29) is 0 Å². The van der Waals surface area contributed by atoms with Gasteiger partial charge in [0.15, 0.2) is 5.58 Å². The Labute approximate surface area is 241 Å². The Hall–Kier alpha value is -5.08. The highest BCUT2D eigenvalue weighted by atomic mass is 16.3. The zero-order chi connectivity index (χ0) is 27.9. The highest BCUT2D eigenvalue weighted by molar-refractivity contribution is 6.08. The smallest absolute Gasteiger partial charge is 0.160 e. The van der Waals surface area contributed by atoms with Crippen molar-refractivity contribution in [3.8, 4) is 11.3 Å². The Morgan fingerprint density at radius 1 is 0.683 bits per heavy atom. The number of hydrogen-bond donors (Lipinski definition) is 0. The summed E-state index contributed by atoms with van der Waals surface area (Å²) in [6.07, 6.45) is 29.7. The SMILES string of the molecule is C/C=C/C=C\c1ccccc1/C=C/C=C\C=C/c1ccc(-c2cc3c(o2)c2ccccc2n3C2=CCCC=C2)cc1. The fraction of sp³-hybridized carbons (Fsp3) is 0.0769. The van der Waals surface area contributed by atoms with Gasteiger partial charge in [-0.1, -0.05) is 134 Å². The molecule has 5 aromatic rings. The van der Waals surface area contributed by atoms with Crippen molar-refractivity contribution in [2.24, 2.45) is 0 Å². The van der Waals surface area contributed by atoms with Crippen molar-refractivity contribution in [2.45, 2.75) is 19.8 Å². The molecule has 1 aliphatic carbocycles. The number of fused-ring (bicyclic) bond motifs is 3. The molecule has 41 heavy (non-hydrogen) atoms. The molecular formula is C39H33NO. The van der Waals surface area contributed by atoms with Gasteiger partial charge in [-0.15, -0.1) is 0 Å². The molecule has 0 amide bonds. The Kier molecular flexibility index (Phi) is 7.91. The van der Waals surface area contributed by atoms with E-state index in [1.807, 2.05) is 19.1 Å². The van der Waals surface area contributed by atoms with Gasteiger partial charge in [0.05, 0.1) is 11.0 Å². The number of aromatic nitrogens is 1. The van der Waals surface area contributed by atoms with Gasteiger partial charge in [0.2, 0.25) is 0 Å². The van der Waals surface area contributed by atoms with Gasteiger partial charge in [-0.05, 0) is 54.7 Å². The van der Waals surface area contributed by atoms with E-state index in [2.05, 4.69) is 150 Å². The zero-order valence-electron chi connectivity index (χ0n) is 23.3. The summed E-state index contributed by atoms with van der Waals surface area (Å²) in [5.74, 6) is 0.885. The summed E-state index contributed by atoms with van der Waals surface area (Å²) in [5.41, 5.74) is 9.05. The Morgan fingerprint density at radius 2 is 1.39 bits per heavy atom. The number of allylic oxidation sites excluding steroid dienone is 11. The molecule has 2 heteroatoms. The average molecular weight is 532 g/mol. The fourth-order valence-electron chi connectivity index (χ4n) is 5.21. The molecular weight excluding hydrogens is 498 g/mol. The topological polar surface area (TPSA) is 18.1 Å². The van der Waals surface area contributed by atoms with Crippen LogP contribution in [0.25, 0.3) is 57.3 Å². The summed E-state index contributed by atoms with van der Waals surface area (Å²) in [6, 6.07) is 27.6. The predicted octanol–water partition coefficient (Wildman–Crippen LogP) is 11.1. The quantitative estimate of drug-likeness (QED) is 0.182. The first kappa shape index (κ1) is 26.2. The molecule has 0 unspecified atom stereocenters. The minimum Gasteiger partial charge on any atom is -0.454 e. The monoisotopic (exact) mass is 531 g/mol. The van der Waals surface area contributed by atoms with Crippen LogP contribution in [-0.4, -0.2) is 4.57 Å². The molecule has 200 valence electrons.